The molecule has 0 spiro atoms. The van der Waals surface area contributed by atoms with Crippen molar-refractivity contribution in [3.05, 3.63) is 0 Å². The number of carbonyl (C=O) groups excluding carboxylic acids is 2. The van der Waals surface area contributed by atoms with Crippen molar-refractivity contribution in [1.29, 1.82) is 0 Å². The number of aliphatic hydroxyl groups is 1. The molecule has 0 aromatic heterocycles. The number of nitrogens with zero attached hydrogens (tertiary/aromatic N) is 1. The monoisotopic (exact) mass is 308 g/mol. The van der Waals surface area contributed by atoms with E-state index in [9.17, 15) is 14.7 Å². The number of amides is 2. The van der Waals surface area contributed by atoms with E-state index >= 15 is 0 Å². The highest BCUT2D eigenvalue weighted by atomic mass is 16.3. The Labute approximate surface area is 132 Å². The van der Waals surface area contributed by atoms with Gasteiger partial charge in [-0.15, -0.1) is 0 Å². The van der Waals surface area contributed by atoms with Crippen LogP contribution in [-0.2, 0) is 9.59 Å². The molecule has 2 N–H and O–H groups in total. The van der Waals surface area contributed by atoms with E-state index in [2.05, 4.69) is 5.32 Å². The van der Waals surface area contributed by atoms with Crippen molar-refractivity contribution in [3.63, 3.8) is 0 Å². The Balaban J connectivity index is 1.53. The first-order chi connectivity index (χ1) is 10.7. The van der Waals surface area contributed by atoms with Crippen molar-refractivity contribution < 1.29 is 14.7 Å². The highest BCUT2D eigenvalue weighted by Crippen LogP contribution is 2.30. The van der Waals surface area contributed by atoms with Gasteiger partial charge >= 0.3 is 0 Å². The third-order valence-electron chi connectivity index (χ3n) is 5.70. The summed E-state index contributed by atoms with van der Waals surface area (Å²) in [5.74, 6) is 0.494. The lowest BCUT2D eigenvalue weighted by Gasteiger charge is -2.27. The molecule has 1 heterocycles. The minimum Gasteiger partial charge on any atom is -0.393 e. The normalized spacial score (nSPS) is 32.6. The smallest absolute Gasteiger partial charge is 0.242 e. The van der Waals surface area contributed by atoms with Crippen molar-refractivity contribution in [2.75, 3.05) is 13.1 Å². The maximum absolute atomic E-state index is 12.6. The number of aliphatic hydroxyl groups excluding tert-OH is 1. The molecule has 5 heteroatoms. The minimum atomic E-state index is -0.286. The van der Waals surface area contributed by atoms with Crippen LogP contribution in [-0.4, -0.2) is 47.1 Å². The highest BCUT2D eigenvalue weighted by molar-refractivity contribution is 5.89. The van der Waals surface area contributed by atoms with E-state index in [1.54, 1.807) is 0 Å². The molecule has 0 aromatic carbocycles. The quantitative estimate of drug-likeness (QED) is 0.826. The Morgan fingerprint density at radius 1 is 1.00 bits per heavy atom. The van der Waals surface area contributed by atoms with Gasteiger partial charge in [0.25, 0.3) is 0 Å². The average Bonchev–Trinajstić information content (AvgIpc) is 3.25. The molecule has 0 radical (unpaired) electrons. The lowest BCUT2D eigenvalue weighted by molar-refractivity contribution is -0.141. The van der Waals surface area contributed by atoms with Crippen molar-refractivity contribution >= 4 is 11.8 Å². The van der Waals surface area contributed by atoms with Gasteiger partial charge in [0.05, 0.1) is 6.10 Å². The van der Waals surface area contributed by atoms with Crippen LogP contribution in [0.25, 0.3) is 0 Å². The van der Waals surface area contributed by atoms with Gasteiger partial charge in [0, 0.05) is 24.9 Å². The van der Waals surface area contributed by atoms with Gasteiger partial charge < -0.3 is 15.3 Å². The second kappa shape index (κ2) is 6.99. The van der Waals surface area contributed by atoms with Gasteiger partial charge in [-0.3, -0.25) is 9.59 Å². The summed E-state index contributed by atoms with van der Waals surface area (Å²) < 4.78 is 0. The van der Waals surface area contributed by atoms with Crippen LogP contribution in [0.5, 0.6) is 0 Å². The largest absolute Gasteiger partial charge is 0.393 e. The summed E-state index contributed by atoms with van der Waals surface area (Å²) in [5, 5.41) is 12.8. The van der Waals surface area contributed by atoms with E-state index < -0.39 is 0 Å². The zero-order valence-corrected chi connectivity index (χ0v) is 13.3. The molecule has 3 aliphatic rings. The molecule has 2 aliphatic carbocycles. The minimum absolute atomic E-state index is 0.0250. The van der Waals surface area contributed by atoms with Crippen LogP contribution < -0.4 is 5.32 Å². The summed E-state index contributed by atoms with van der Waals surface area (Å²) in [5.41, 5.74) is 0. The second-order valence-electron chi connectivity index (χ2n) is 7.17. The molecule has 1 saturated heterocycles. The Morgan fingerprint density at radius 2 is 1.77 bits per heavy atom. The summed E-state index contributed by atoms with van der Waals surface area (Å²) in [6, 6.07) is -0.286. The van der Waals surface area contributed by atoms with E-state index in [0.717, 1.165) is 64.3 Å². The third-order valence-corrected chi connectivity index (χ3v) is 5.70. The van der Waals surface area contributed by atoms with Gasteiger partial charge in [-0.05, 0) is 38.5 Å². The molecule has 2 amide bonds. The van der Waals surface area contributed by atoms with Crippen molar-refractivity contribution in [3.8, 4) is 0 Å². The number of hydrogen-bond acceptors (Lipinski definition) is 3. The topological polar surface area (TPSA) is 69.6 Å². The standard InChI is InChI=1S/C17H28N2O3/c20-15-9-3-7-13(15)11-18-16(21)14-8-4-10-19(14)17(22)12-5-1-2-6-12/h12-15,20H,1-11H2,(H,18,21). The van der Waals surface area contributed by atoms with Gasteiger partial charge in [-0.1, -0.05) is 19.3 Å². The molecule has 2 saturated carbocycles. The van der Waals surface area contributed by atoms with Gasteiger partial charge in [0.1, 0.15) is 6.04 Å². The first-order valence-electron chi connectivity index (χ1n) is 8.93. The molecule has 1 aliphatic heterocycles. The number of carbonyl (C=O) groups is 2. The van der Waals surface area contributed by atoms with E-state index in [1.807, 2.05) is 4.90 Å². The van der Waals surface area contributed by atoms with Crippen LogP contribution in [0, 0.1) is 11.8 Å². The maximum Gasteiger partial charge on any atom is 0.242 e. The fourth-order valence-corrected chi connectivity index (χ4v) is 4.32. The zero-order chi connectivity index (χ0) is 15.5. The number of rotatable bonds is 4. The van der Waals surface area contributed by atoms with E-state index in [-0.39, 0.29) is 35.8 Å². The average molecular weight is 308 g/mol. The Bertz CT molecular complexity index is 420. The summed E-state index contributed by atoms with van der Waals surface area (Å²) in [7, 11) is 0. The Morgan fingerprint density at radius 3 is 2.45 bits per heavy atom. The predicted molar refractivity (Wildman–Crippen MR) is 83.1 cm³/mol. The molecule has 3 rings (SSSR count). The highest BCUT2D eigenvalue weighted by Gasteiger charge is 2.38. The summed E-state index contributed by atoms with van der Waals surface area (Å²) in [4.78, 5) is 26.8. The van der Waals surface area contributed by atoms with Crippen LogP contribution in [0.15, 0.2) is 0 Å². The van der Waals surface area contributed by atoms with Crippen LogP contribution in [0.4, 0.5) is 0 Å². The zero-order valence-electron chi connectivity index (χ0n) is 13.3. The predicted octanol–water partition coefficient (Wildman–Crippen LogP) is 1.44. The van der Waals surface area contributed by atoms with Crippen LogP contribution in [0.3, 0.4) is 0 Å². The molecule has 3 unspecified atom stereocenters. The van der Waals surface area contributed by atoms with Gasteiger partial charge in [-0.25, -0.2) is 0 Å². The number of nitrogens with one attached hydrogen (secondary N) is 1. The summed E-state index contributed by atoms with van der Waals surface area (Å²) >= 11 is 0. The first kappa shape index (κ1) is 15.8. The first-order valence-corrected chi connectivity index (χ1v) is 8.93. The molecule has 22 heavy (non-hydrogen) atoms. The van der Waals surface area contributed by atoms with E-state index in [0.29, 0.717) is 6.54 Å². The van der Waals surface area contributed by atoms with Gasteiger partial charge in [0.2, 0.25) is 11.8 Å². The van der Waals surface area contributed by atoms with Crippen molar-refractivity contribution in [2.24, 2.45) is 11.8 Å². The Hall–Kier alpha value is -1.10. The Kier molecular flexibility index (Phi) is 5.01. The number of likely N-dealkylation sites (tertiary alicyclic amines) is 1. The molecule has 0 aromatic rings. The lowest BCUT2D eigenvalue weighted by atomic mass is 10.0. The third kappa shape index (κ3) is 3.29. The fourth-order valence-electron chi connectivity index (χ4n) is 4.32. The van der Waals surface area contributed by atoms with Crippen molar-refractivity contribution in [2.45, 2.75) is 69.9 Å². The number of hydrogen-bond donors (Lipinski definition) is 2. The molecular formula is C17H28N2O3. The summed E-state index contributed by atoms with van der Waals surface area (Å²) in [6.07, 6.45) is 8.53. The van der Waals surface area contributed by atoms with E-state index in [4.69, 9.17) is 0 Å². The lowest BCUT2D eigenvalue weighted by Crippen LogP contribution is -2.48. The molecular weight excluding hydrogens is 280 g/mol. The van der Waals surface area contributed by atoms with Crippen molar-refractivity contribution in [1.82, 2.24) is 10.2 Å². The maximum atomic E-state index is 12.6. The van der Waals surface area contributed by atoms with E-state index in [1.165, 1.54) is 0 Å². The second-order valence-corrected chi connectivity index (χ2v) is 7.17. The molecule has 124 valence electrons. The summed E-state index contributed by atoms with van der Waals surface area (Å²) in [6.45, 7) is 1.27. The van der Waals surface area contributed by atoms with Crippen LogP contribution in [0.2, 0.25) is 0 Å². The van der Waals surface area contributed by atoms with Crippen LogP contribution in [0.1, 0.15) is 57.8 Å². The fraction of sp³-hybridized carbons (Fsp3) is 0.882. The molecule has 0 bridgehead atoms. The SMILES string of the molecule is O=C(NCC1CCCC1O)C1CCCN1C(=O)C1CCCC1. The van der Waals surface area contributed by atoms with Crippen LogP contribution >= 0.6 is 0 Å². The van der Waals surface area contributed by atoms with Gasteiger partial charge in [-0.2, -0.15) is 0 Å². The molecule has 3 fully saturated rings. The van der Waals surface area contributed by atoms with Gasteiger partial charge in [0.15, 0.2) is 0 Å². The molecule has 3 atom stereocenters. The molecule has 5 nitrogen and oxygen atoms in total.